The average molecular weight is 421 g/mol. The van der Waals surface area contributed by atoms with Gasteiger partial charge in [-0.15, -0.1) is 0 Å². The first-order valence-electron chi connectivity index (χ1n) is 10.7. The van der Waals surface area contributed by atoms with Gasteiger partial charge in [-0.3, -0.25) is 5.01 Å². The molecule has 0 aliphatic rings. The van der Waals surface area contributed by atoms with Gasteiger partial charge in [0.1, 0.15) is 0 Å². The van der Waals surface area contributed by atoms with Crippen LogP contribution in [0.2, 0.25) is 0 Å². The average Bonchev–Trinajstić information content (AvgIpc) is 2.87. The molecule has 4 aromatic carbocycles. The standard InChI is InChI=1S/C28H28N4/c1-31(26-9-5-3-6-10-26)27-19-15-23(16-20-27)21-29-25-17-13-24(14-18-25)22-30-32(2)28-11-7-4-8-12-28/h3-20,22,29H,21H2,1-2H3. The van der Waals surface area contributed by atoms with Crippen molar-refractivity contribution in [1.29, 1.82) is 0 Å². The van der Waals surface area contributed by atoms with Gasteiger partial charge in [0.15, 0.2) is 0 Å². The Bertz CT molecular complexity index is 1120. The summed E-state index contributed by atoms with van der Waals surface area (Å²) in [6.45, 7) is 0.777. The highest BCUT2D eigenvalue weighted by Gasteiger charge is 2.03. The van der Waals surface area contributed by atoms with E-state index in [-0.39, 0.29) is 0 Å². The molecule has 0 fully saturated rings. The molecule has 4 aromatic rings. The van der Waals surface area contributed by atoms with Crippen molar-refractivity contribution in [3.8, 4) is 0 Å². The second-order valence-electron chi connectivity index (χ2n) is 7.64. The Hall–Kier alpha value is -4.05. The van der Waals surface area contributed by atoms with Gasteiger partial charge in [0.2, 0.25) is 0 Å². The molecule has 0 aromatic heterocycles. The molecule has 0 amide bonds. The molecule has 4 rings (SSSR count). The first-order chi connectivity index (χ1) is 15.7. The lowest BCUT2D eigenvalue weighted by Gasteiger charge is -2.19. The fraction of sp³-hybridized carbons (Fsp3) is 0.107. The Morgan fingerprint density at radius 3 is 1.84 bits per heavy atom. The molecule has 0 radical (unpaired) electrons. The molecule has 0 aliphatic carbocycles. The van der Waals surface area contributed by atoms with Crippen LogP contribution in [0.5, 0.6) is 0 Å². The third kappa shape index (κ3) is 5.55. The van der Waals surface area contributed by atoms with E-state index in [4.69, 9.17) is 0 Å². The van der Waals surface area contributed by atoms with Crippen molar-refractivity contribution < 1.29 is 0 Å². The van der Waals surface area contributed by atoms with E-state index in [9.17, 15) is 0 Å². The van der Waals surface area contributed by atoms with Gasteiger partial charge in [0.05, 0.1) is 11.9 Å². The smallest absolute Gasteiger partial charge is 0.0590 e. The third-order valence-electron chi connectivity index (χ3n) is 5.38. The number of nitrogens with one attached hydrogen (secondary N) is 1. The van der Waals surface area contributed by atoms with Gasteiger partial charge in [-0.2, -0.15) is 5.10 Å². The number of benzene rings is 4. The highest BCUT2D eigenvalue weighted by Crippen LogP contribution is 2.23. The number of rotatable bonds is 8. The van der Waals surface area contributed by atoms with Gasteiger partial charge in [-0.1, -0.05) is 60.7 Å². The number of para-hydroxylation sites is 2. The maximum absolute atomic E-state index is 4.52. The van der Waals surface area contributed by atoms with Crippen molar-refractivity contribution in [3.63, 3.8) is 0 Å². The van der Waals surface area contributed by atoms with Crippen LogP contribution < -0.4 is 15.2 Å². The van der Waals surface area contributed by atoms with Gasteiger partial charge in [0.25, 0.3) is 0 Å². The second-order valence-corrected chi connectivity index (χ2v) is 7.64. The summed E-state index contributed by atoms with van der Waals surface area (Å²) in [6.07, 6.45) is 1.87. The van der Waals surface area contributed by atoms with E-state index in [1.165, 1.54) is 16.9 Å². The second kappa shape index (κ2) is 10.3. The molecule has 0 saturated heterocycles. The highest BCUT2D eigenvalue weighted by atomic mass is 15.4. The number of hydrogen-bond acceptors (Lipinski definition) is 4. The molecule has 0 spiro atoms. The summed E-state index contributed by atoms with van der Waals surface area (Å²) in [5, 5.41) is 9.87. The van der Waals surface area contributed by atoms with Crippen molar-refractivity contribution in [2.24, 2.45) is 5.10 Å². The summed E-state index contributed by atoms with van der Waals surface area (Å²) in [4.78, 5) is 2.19. The molecule has 0 bridgehead atoms. The molecular weight excluding hydrogens is 392 g/mol. The summed E-state index contributed by atoms with van der Waals surface area (Å²) < 4.78 is 0. The van der Waals surface area contributed by atoms with Gasteiger partial charge in [-0.25, -0.2) is 0 Å². The van der Waals surface area contributed by atoms with Crippen molar-refractivity contribution in [2.75, 3.05) is 29.3 Å². The molecule has 0 atom stereocenters. The Kier molecular flexibility index (Phi) is 6.83. The van der Waals surface area contributed by atoms with Crippen LogP contribution in [-0.2, 0) is 6.54 Å². The molecule has 0 heterocycles. The zero-order chi connectivity index (χ0) is 22.2. The predicted molar refractivity (Wildman–Crippen MR) is 137 cm³/mol. The van der Waals surface area contributed by atoms with Crippen LogP contribution in [0.25, 0.3) is 0 Å². The first kappa shape index (κ1) is 21.2. The van der Waals surface area contributed by atoms with E-state index in [0.717, 1.165) is 23.5 Å². The topological polar surface area (TPSA) is 30.9 Å². The number of hydrazone groups is 1. The van der Waals surface area contributed by atoms with Crippen LogP contribution in [-0.4, -0.2) is 20.3 Å². The maximum Gasteiger partial charge on any atom is 0.0590 e. The minimum atomic E-state index is 0.777. The Morgan fingerprint density at radius 1 is 0.656 bits per heavy atom. The summed E-state index contributed by atoms with van der Waals surface area (Å²) in [6, 6.07) is 37.5. The first-order valence-corrected chi connectivity index (χ1v) is 10.7. The van der Waals surface area contributed by atoms with E-state index >= 15 is 0 Å². The molecular formula is C28H28N4. The molecule has 0 saturated carbocycles. The molecule has 1 N–H and O–H groups in total. The predicted octanol–water partition coefficient (Wildman–Crippen LogP) is 6.54. The number of anilines is 4. The molecule has 4 nitrogen and oxygen atoms in total. The number of nitrogens with zero attached hydrogens (tertiary/aromatic N) is 3. The van der Waals surface area contributed by atoms with Crippen LogP contribution in [0.15, 0.2) is 114 Å². The van der Waals surface area contributed by atoms with Crippen molar-refractivity contribution in [1.82, 2.24) is 0 Å². The minimum Gasteiger partial charge on any atom is -0.381 e. The van der Waals surface area contributed by atoms with Crippen LogP contribution in [0, 0.1) is 0 Å². The molecule has 4 heteroatoms. The normalized spacial score (nSPS) is 10.8. The summed E-state index contributed by atoms with van der Waals surface area (Å²) >= 11 is 0. The quantitative estimate of drug-likeness (QED) is 0.259. The SMILES string of the molecule is CN(N=Cc1ccc(NCc2ccc(N(C)c3ccccc3)cc2)cc1)c1ccccc1. The third-order valence-corrected chi connectivity index (χ3v) is 5.38. The monoisotopic (exact) mass is 420 g/mol. The van der Waals surface area contributed by atoms with Crippen molar-refractivity contribution in [2.45, 2.75) is 6.54 Å². The lowest BCUT2D eigenvalue weighted by atomic mass is 10.1. The van der Waals surface area contributed by atoms with Crippen LogP contribution in [0.4, 0.5) is 22.7 Å². The number of hydrogen-bond donors (Lipinski definition) is 1. The summed E-state index contributed by atoms with van der Waals surface area (Å²) in [7, 11) is 4.04. The maximum atomic E-state index is 4.52. The Morgan fingerprint density at radius 2 is 1.22 bits per heavy atom. The summed E-state index contributed by atoms with van der Waals surface area (Å²) in [5.74, 6) is 0. The zero-order valence-corrected chi connectivity index (χ0v) is 18.5. The van der Waals surface area contributed by atoms with Gasteiger partial charge < -0.3 is 10.2 Å². The van der Waals surface area contributed by atoms with Crippen LogP contribution in [0.3, 0.4) is 0 Å². The summed E-state index contributed by atoms with van der Waals surface area (Å²) in [5.41, 5.74) is 6.80. The molecule has 32 heavy (non-hydrogen) atoms. The minimum absolute atomic E-state index is 0.777. The van der Waals surface area contributed by atoms with Gasteiger partial charge in [-0.05, 0) is 59.7 Å². The van der Waals surface area contributed by atoms with Crippen LogP contribution >= 0.6 is 0 Å². The Labute approximate surface area is 190 Å². The van der Waals surface area contributed by atoms with Crippen LogP contribution in [0.1, 0.15) is 11.1 Å². The lowest BCUT2D eigenvalue weighted by Crippen LogP contribution is -2.09. The van der Waals surface area contributed by atoms with Crippen molar-refractivity contribution >= 4 is 29.0 Å². The van der Waals surface area contributed by atoms with E-state index < -0.39 is 0 Å². The fourth-order valence-electron chi connectivity index (χ4n) is 3.39. The molecule has 0 unspecified atom stereocenters. The van der Waals surface area contributed by atoms with E-state index in [1.54, 1.807) is 0 Å². The van der Waals surface area contributed by atoms with Gasteiger partial charge in [0, 0.05) is 37.7 Å². The molecule has 0 aliphatic heterocycles. The lowest BCUT2D eigenvalue weighted by molar-refractivity contribution is 1.02. The largest absolute Gasteiger partial charge is 0.381 e. The van der Waals surface area contributed by atoms with E-state index in [1.807, 2.05) is 54.7 Å². The fourth-order valence-corrected chi connectivity index (χ4v) is 3.39. The van der Waals surface area contributed by atoms with E-state index in [2.05, 4.69) is 95.2 Å². The highest BCUT2D eigenvalue weighted by molar-refractivity contribution is 5.81. The van der Waals surface area contributed by atoms with Crippen molar-refractivity contribution in [3.05, 3.63) is 120 Å². The Balaban J connectivity index is 1.31. The van der Waals surface area contributed by atoms with Gasteiger partial charge >= 0.3 is 0 Å². The zero-order valence-electron chi connectivity index (χ0n) is 18.5. The molecule has 160 valence electrons. The van der Waals surface area contributed by atoms with E-state index in [0.29, 0.717) is 0 Å².